The van der Waals surface area contributed by atoms with Crippen LogP contribution < -0.4 is 11.3 Å². The van der Waals surface area contributed by atoms with E-state index in [1.807, 2.05) is 0 Å². The lowest BCUT2D eigenvalue weighted by atomic mass is 10.1. The van der Waals surface area contributed by atoms with Crippen LogP contribution in [0.1, 0.15) is 19.2 Å². The number of halogens is 1. The lowest BCUT2D eigenvalue weighted by molar-refractivity contribution is 0.624. The van der Waals surface area contributed by atoms with Crippen molar-refractivity contribution in [3.8, 4) is 11.3 Å². The third-order valence-corrected chi connectivity index (χ3v) is 2.98. The van der Waals surface area contributed by atoms with Crippen molar-refractivity contribution in [2.24, 2.45) is 12.8 Å². The van der Waals surface area contributed by atoms with Crippen molar-refractivity contribution in [1.82, 2.24) is 14.5 Å². The largest absolute Gasteiger partial charge is 0.328 e. The third kappa shape index (κ3) is 3.19. The molecular weight excluding hydrogens is 273 g/mol. The fourth-order valence-corrected chi connectivity index (χ4v) is 1.94. The summed E-state index contributed by atoms with van der Waals surface area (Å²) >= 11 is 0. The Bertz CT molecular complexity index is 738. The minimum Gasteiger partial charge on any atom is -0.328 e. The monoisotopic (exact) mass is 289 g/mol. The van der Waals surface area contributed by atoms with Gasteiger partial charge in [0.2, 0.25) is 0 Å². The Hall–Kier alpha value is -2.41. The number of nitrogens with two attached hydrogens (primary N) is 1. The fraction of sp³-hybridized carbons (Fsp3) is 0.286. The zero-order valence-corrected chi connectivity index (χ0v) is 11.8. The molecule has 0 radical (unpaired) electrons. The van der Waals surface area contributed by atoms with Gasteiger partial charge in [-0.05, 0) is 13.0 Å². The van der Waals surface area contributed by atoms with Gasteiger partial charge in [-0.1, -0.05) is 0 Å². The lowest BCUT2D eigenvalue weighted by Gasteiger charge is -2.12. The molecule has 0 saturated carbocycles. The summed E-state index contributed by atoms with van der Waals surface area (Å²) < 4.78 is 15.0. The zero-order valence-electron chi connectivity index (χ0n) is 11.8. The molecule has 7 heteroatoms. The Morgan fingerprint density at radius 3 is 2.90 bits per heavy atom. The molecule has 2 rings (SSSR count). The maximum atomic E-state index is 13.8. The van der Waals surface area contributed by atoms with Crippen LogP contribution in [0.4, 0.5) is 4.39 Å². The van der Waals surface area contributed by atoms with Crippen LogP contribution in [0.5, 0.6) is 0 Å². The van der Waals surface area contributed by atoms with Gasteiger partial charge in [-0.25, -0.2) is 9.37 Å². The highest BCUT2D eigenvalue weighted by Gasteiger charge is 2.15. The van der Waals surface area contributed by atoms with E-state index in [0.717, 1.165) is 6.20 Å². The van der Waals surface area contributed by atoms with Gasteiger partial charge in [-0.3, -0.25) is 14.3 Å². The van der Waals surface area contributed by atoms with Gasteiger partial charge in [0.15, 0.2) is 11.6 Å². The van der Waals surface area contributed by atoms with E-state index in [2.05, 4.69) is 9.97 Å². The summed E-state index contributed by atoms with van der Waals surface area (Å²) in [6, 6.07) is 2.45. The van der Waals surface area contributed by atoms with Crippen molar-refractivity contribution in [2.75, 3.05) is 0 Å². The number of pyridine rings is 1. The highest BCUT2D eigenvalue weighted by Crippen LogP contribution is 2.18. The summed E-state index contributed by atoms with van der Waals surface area (Å²) in [5, 5.41) is 8.00. The van der Waals surface area contributed by atoms with Gasteiger partial charge in [-0.15, -0.1) is 0 Å². The summed E-state index contributed by atoms with van der Waals surface area (Å²) in [6.07, 6.45) is 2.76. The van der Waals surface area contributed by atoms with E-state index in [4.69, 9.17) is 11.1 Å². The quantitative estimate of drug-likeness (QED) is 0.823. The summed E-state index contributed by atoms with van der Waals surface area (Å²) in [6.45, 7) is 1.76. The van der Waals surface area contributed by atoms with Crippen LogP contribution in [0, 0.1) is 11.2 Å². The van der Waals surface area contributed by atoms with Crippen molar-refractivity contribution in [1.29, 1.82) is 5.41 Å². The Morgan fingerprint density at radius 1 is 1.57 bits per heavy atom. The molecule has 3 N–H and O–H groups in total. The highest BCUT2D eigenvalue weighted by atomic mass is 19.1. The number of hydrogen-bond acceptors (Lipinski definition) is 5. The van der Waals surface area contributed by atoms with Crippen LogP contribution in [0.15, 0.2) is 29.3 Å². The van der Waals surface area contributed by atoms with Gasteiger partial charge in [0.05, 0.1) is 17.6 Å². The first-order valence-corrected chi connectivity index (χ1v) is 6.41. The van der Waals surface area contributed by atoms with Crippen LogP contribution in [-0.4, -0.2) is 26.3 Å². The van der Waals surface area contributed by atoms with E-state index in [0.29, 0.717) is 0 Å². The summed E-state index contributed by atoms with van der Waals surface area (Å²) in [7, 11) is 1.52. The Labute approximate surface area is 121 Å². The maximum Gasteiger partial charge on any atom is 0.254 e. The molecule has 0 aromatic carbocycles. The standard InChI is InChI=1S/C14H16FN5O/c1-8(16)5-11(17)14-19-12(6-13(21)20(14)2)9-3-4-18-7-10(9)15/h3-4,6-8,17H,5,16H2,1-2H3/t8-/m1/s1. The van der Waals surface area contributed by atoms with Gasteiger partial charge in [-0.2, -0.15) is 0 Å². The van der Waals surface area contributed by atoms with Gasteiger partial charge in [0.25, 0.3) is 5.56 Å². The van der Waals surface area contributed by atoms with Crippen LogP contribution in [0.3, 0.4) is 0 Å². The molecule has 1 atom stereocenters. The summed E-state index contributed by atoms with van der Waals surface area (Å²) in [5.41, 5.74) is 5.81. The average molecular weight is 289 g/mol. The second kappa shape index (κ2) is 5.92. The zero-order chi connectivity index (χ0) is 15.6. The van der Waals surface area contributed by atoms with Crippen LogP contribution in [0.2, 0.25) is 0 Å². The van der Waals surface area contributed by atoms with Gasteiger partial charge >= 0.3 is 0 Å². The maximum absolute atomic E-state index is 13.8. The molecular formula is C14H16FN5O. The second-order valence-electron chi connectivity index (χ2n) is 4.88. The first-order chi connectivity index (χ1) is 9.90. The molecule has 0 aliphatic rings. The van der Waals surface area contributed by atoms with Crippen LogP contribution in [-0.2, 0) is 7.05 Å². The molecule has 0 unspecified atom stereocenters. The molecule has 0 fully saturated rings. The lowest BCUT2D eigenvalue weighted by Crippen LogP contribution is -2.28. The van der Waals surface area contributed by atoms with Crippen LogP contribution >= 0.6 is 0 Å². The molecule has 0 amide bonds. The third-order valence-electron chi connectivity index (χ3n) is 2.98. The van der Waals surface area contributed by atoms with E-state index in [1.165, 1.54) is 29.9 Å². The Balaban J connectivity index is 2.56. The first-order valence-electron chi connectivity index (χ1n) is 6.41. The Morgan fingerprint density at radius 2 is 2.29 bits per heavy atom. The molecule has 21 heavy (non-hydrogen) atoms. The molecule has 2 aromatic rings. The van der Waals surface area contributed by atoms with Crippen LogP contribution in [0.25, 0.3) is 11.3 Å². The van der Waals surface area contributed by atoms with E-state index >= 15 is 0 Å². The SMILES string of the molecule is C[C@@H](N)CC(=N)c1nc(-c2ccncc2F)cc(=O)n1C. The Kier molecular flexibility index (Phi) is 4.23. The molecule has 110 valence electrons. The smallest absolute Gasteiger partial charge is 0.254 e. The fourth-order valence-electron chi connectivity index (χ4n) is 1.94. The minimum absolute atomic E-state index is 0.140. The van der Waals surface area contributed by atoms with E-state index < -0.39 is 5.82 Å². The number of rotatable bonds is 4. The highest BCUT2D eigenvalue weighted by molar-refractivity contribution is 5.95. The average Bonchev–Trinajstić information content (AvgIpc) is 2.41. The minimum atomic E-state index is -0.567. The van der Waals surface area contributed by atoms with Crippen molar-refractivity contribution in [3.05, 3.63) is 46.5 Å². The molecule has 0 saturated heterocycles. The molecule has 6 nitrogen and oxygen atoms in total. The number of nitrogens with zero attached hydrogens (tertiary/aromatic N) is 3. The van der Waals surface area contributed by atoms with Crippen molar-refractivity contribution >= 4 is 5.71 Å². The number of nitrogens with one attached hydrogen (secondary N) is 1. The molecule has 2 aromatic heterocycles. The van der Waals surface area contributed by atoms with Crippen molar-refractivity contribution < 1.29 is 4.39 Å². The first kappa shape index (κ1) is 15.0. The molecule has 0 aliphatic carbocycles. The second-order valence-corrected chi connectivity index (χ2v) is 4.88. The van der Waals surface area contributed by atoms with Gasteiger partial charge in [0, 0.05) is 37.3 Å². The molecule has 0 aliphatic heterocycles. The predicted octanol–water partition coefficient (Wildman–Crippen LogP) is 1.09. The summed E-state index contributed by atoms with van der Waals surface area (Å²) in [5.74, 6) is -0.381. The normalized spacial score (nSPS) is 12.2. The van der Waals surface area contributed by atoms with Gasteiger partial charge < -0.3 is 11.1 Å². The van der Waals surface area contributed by atoms with E-state index in [1.54, 1.807) is 6.92 Å². The van der Waals surface area contributed by atoms with Crippen molar-refractivity contribution in [2.45, 2.75) is 19.4 Å². The topological polar surface area (TPSA) is 97.7 Å². The summed E-state index contributed by atoms with van der Waals surface area (Å²) in [4.78, 5) is 19.9. The predicted molar refractivity (Wildman–Crippen MR) is 77.8 cm³/mol. The number of aromatic nitrogens is 3. The van der Waals surface area contributed by atoms with E-state index in [9.17, 15) is 9.18 Å². The molecule has 0 bridgehead atoms. The van der Waals surface area contributed by atoms with Gasteiger partial charge in [0.1, 0.15) is 0 Å². The molecule has 2 heterocycles. The number of hydrogen-bond donors (Lipinski definition) is 2. The van der Waals surface area contributed by atoms with Crippen molar-refractivity contribution in [3.63, 3.8) is 0 Å². The molecule has 0 spiro atoms. The van der Waals surface area contributed by atoms with E-state index in [-0.39, 0.29) is 40.8 Å².